The van der Waals surface area contributed by atoms with Crippen molar-refractivity contribution in [2.75, 3.05) is 13.7 Å². The summed E-state index contributed by atoms with van der Waals surface area (Å²) in [5.41, 5.74) is 0.983. The molecule has 1 aromatic carbocycles. The van der Waals surface area contributed by atoms with Gasteiger partial charge in [-0.3, -0.25) is 5.10 Å². The molecule has 1 N–H and O–H groups in total. The molecule has 7 heteroatoms. The minimum atomic E-state index is -3.52. The molecule has 1 atom stereocenters. The summed E-state index contributed by atoms with van der Waals surface area (Å²) in [6, 6.07) is 8.90. The summed E-state index contributed by atoms with van der Waals surface area (Å²) in [7, 11) is -1.91. The van der Waals surface area contributed by atoms with Gasteiger partial charge in [-0.25, -0.2) is 8.42 Å². The lowest BCUT2D eigenvalue weighted by molar-refractivity contribution is 0.393. The first-order chi connectivity index (χ1) is 10.1. The summed E-state index contributed by atoms with van der Waals surface area (Å²) < 4.78 is 31.9. The Morgan fingerprint density at radius 1 is 1.29 bits per heavy atom. The first-order valence-corrected chi connectivity index (χ1v) is 8.22. The maximum Gasteiger partial charge on any atom is 0.260 e. The first-order valence-electron chi connectivity index (χ1n) is 6.78. The van der Waals surface area contributed by atoms with E-state index < -0.39 is 10.0 Å². The molecule has 0 amide bonds. The van der Waals surface area contributed by atoms with Crippen molar-refractivity contribution in [1.82, 2.24) is 14.5 Å². The van der Waals surface area contributed by atoms with Crippen molar-refractivity contribution in [3.8, 4) is 5.75 Å². The standard InChI is InChI=1S/C14H17N3O3S/c1-20-12-6-4-11(5-7-12)13-3-2-10-17(13)21(18,19)14-8-9-15-16-14/h4-9,13H,2-3,10H2,1H3,(H,15,16). The average molecular weight is 307 g/mol. The zero-order chi connectivity index (χ0) is 14.9. The molecule has 3 rings (SSSR count). The molecule has 0 saturated carbocycles. The molecule has 2 aromatic rings. The molecule has 1 aliphatic heterocycles. The molecule has 2 heterocycles. The van der Waals surface area contributed by atoms with Crippen LogP contribution in [0.4, 0.5) is 0 Å². The summed E-state index contributed by atoms with van der Waals surface area (Å²) in [5.74, 6) is 0.764. The fourth-order valence-electron chi connectivity index (χ4n) is 2.70. The Labute approximate surface area is 123 Å². The van der Waals surface area contributed by atoms with E-state index in [1.807, 2.05) is 24.3 Å². The van der Waals surface area contributed by atoms with Crippen molar-refractivity contribution in [1.29, 1.82) is 0 Å². The lowest BCUT2D eigenvalue weighted by atomic mass is 10.1. The highest BCUT2D eigenvalue weighted by Gasteiger charge is 2.36. The van der Waals surface area contributed by atoms with Gasteiger partial charge in [0.1, 0.15) is 5.75 Å². The number of hydrogen-bond acceptors (Lipinski definition) is 4. The molecule has 0 aliphatic carbocycles. The van der Waals surface area contributed by atoms with Crippen molar-refractivity contribution in [2.45, 2.75) is 23.9 Å². The molecular weight excluding hydrogens is 290 g/mol. The van der Waals surface area contributed by atoms with E-state index in [0.717, 1.165) is 24.2 Å². The largest absolute Gasteiger partial charge is 0.497 e. The van der Waals surface area contributed by atoms with Gasteiger partial charge in [0, 0.05) is 6.54 Å². The minimum Gasteiger partial charge on any atom is -0.497 e. The molecule has 6 nitrogen and oxygen atoms in total. The molecule has 1 unspecified atom stereocenters. The van der Waals surface area contributed by atoms with Gasteiger partial charge in [-0.2, -0.15) is 9.40 Å². The Morgan fingerprint density at radius 2 is 2.05 bits per heavy atom. The van der Waals surface area contributed by atoms with E-state index in [4.69, 9.17) is 4.74 Å². The SMILES string of the molecule is COc1ccc(C2CCCN2S(=O)(=O)c2ccn[nH]2)cc1. The number of ether oxygens (including phenoxy) is 1. The van der Waals surface area contributed by atoms with Gasteiger partial charge in [-0.15, -0.1) is 0 Å². The summed E-state index contributed by atoms with van der Waals surface area (Å²) >= 11 is 0. The Morgan fingerprint density at radius 3 is 2.67 bits per heavy atom. The summed E-state index contributed by atoms with van der Waals surface area (Å²) in [6.07, 6.45) is 3.12. The molecule has 0 radical (unpaired) electrons. The van der Waals surface area contributed by atoms with E-state index in [1.165, 1.54) is 12.3 Å². The molecule has 1 saturated heterocycles. The van der Waals surface area contributed by atoms with Crippen LogP contribution in [0.15, 0.2) is 41.6 Å². The van der Waals surface area contributed by atoms with Crippen molar-refractivity contribution >= 4 is 10.0 Å². The van der Waals surface area contributed by atoms with Gasteiger partial charge in [0.2, 0.25) is 0 Å². The van der Waals surface area contributed by atoms with Crippen molar-refractivity contribution < 1.29 is 13.2 Å². The Bertz CT molecular complexity index is 696. The molecule has 21 heavy (non-hydrogen) atoms. The van der Waals surface area contributed by atoms with E-state index in [1.54, 1.807) is 11.4 Å². The third kappa shape index (κ3) is 2.54. The average Bonchev–Trinajstić information content (AvgIpc) is 3.19. The third-order valence-corrected chi connectivity index (χ3v) is 5.60. The highest BCUT2D eigenvalue weighted by Crippen LogP contribution is 2.36. The number of aromatic nitrogens is 2. The second kappa shape index (κ2) is 5.50. The third-order valence-electron chi connectivity index (χ3n) is 3.77. The van der Waals surface area contributed by atoms with Gasteiger partial charge < -0.3 is 4.74 Å². The van der Waals surface area contributed by atoms with Gasteiger partial charge in [0.25, 0.3) is 10.0 Å². The Hall–Kier alpha value is -1.86. The monoisotopic (exact) mass is 307 g/mol. The van der Waals surface area contributed by atoms with Crippen molar-refractivity contribution in [3.63, 3.8) is 0 Å². The van der Waals surface area contributed by atoms with Gasteiger partial charge >= 0.3 is 0 Å². The summed E-state index contributed by atoms with van der Waals surface area (Å²) in [5, 5.41) is 6.42. The second-order valence-corrected chi connectivity index (χ2v) is 6.83. The predicted octanol–water partition coefficient (Wildman–Crippen LogP) is 1.94. The fraction of sp³-hybridized carbons (Fsp3) is 0.357. The predicted molar refractivity (Wildman–Crippen MR) is 77.4 cm³/mol. The van der Waals surface area contributed by atoms with Gasteiger partial charge in [-0.05, 0) is 36.6 Å². The number of sulfonamides is 1. The second-order valence-electron chi connectivity index (χ2n) is 4.97. The highest BCUT2D eigenvalue weighted by molar-refractivity contribution is 7.89. The Balaban J connectivity index is 1.92. The zero-order valence-electron chi connectivity index (χ0n) is 11.7. The van der Waals surface area contributed by atoms with E-state index in [0.29, 0.717) is 6.54 Å². The molecule has 0 spiro atoms. The number of nitrogens with zero attached hydrogens (tertiary/aromatic N) is 2. The number of nitrogens with one attached hydrogen (secondary N) is 1. The zero-order valence-corrected chi connectivity index (χ0v) is 12.5. The molecule has 112 valence electrons. The van der Waals surface area contributed by atoms with Crippen LogP contribution in [0.1, 0.15) is 24.4 Å². The molecule has 1 aromatic heterocycles. The molecule has 0 bridgehead atoms. The molecule has 1 aliphatic rings. The maximum atomic E-state index is 12.6. The number of rotatable bonds is 4. The smallest absolute Gasteiger partial charge is 0.260 e. The maximum absolute atomic E-state index is 12.6. The lowest BCUT2D eigenvalue weighted by Crippen LogP contribution is -2.31. The minimum absolute atomic E-state index is 0.135. The van der Waals surface area contributed by atoms with Gasteiger partial charge in [0.05, 0.1) is 19.3 Å². The first kappa shape index (κ1) is 14.1. The van der Waals surface area contributed by atoms with Crippen LogP contribution in [0, 0.1) is 0 Å². The van der Waals surface area contributed by atoms with Crippen LogP contribution in [-0.2, 0) is 10.0 Å². The highest BCUT2D eigenvalue weighted by atomic mass is 32.2. The van der Waals surface area contributed by atoms with Crippen LogP contribution in [0.2, 0.25) is 0 Å². The number of benzene rings is 1. The quantitative estimate of drug-likeness (QED) is 0.936. The van der Waals surface area contributed by atoms with E-state index in [-0.39, 0.29) is 11.1 Å². The molecule has 1 fully saturated rings. The van der Waals surface area contributed by atoms with E-state index in [9.17, 15) is 8.42 Å². The van der Waals surface area contributed by atoms with Crippen molar-refractivity contribution in [3.05, 3.63) is 42.1 Å². The normalized spacial score (nSPS) is 19.8. The summed E-state index contributed by atoms with van der Waals surface area (Å²) in [6.45, 7) is 0.526. The van der Waals surface area contributed by atoms with Crippen LogP contribution < -0.4 is 4.74 Å². The van der Waals surface area contributed by atoms with Crippen LogP contribution in [0.3, 0.4) is 0 Å². The van der Waals surface area contributed by atoms with Crippen LogP contribution in [-0.4, -0.2) is 36.6 Å². The van der Waals surface area contributed by atoms with E-state index >= 15 is 0 Å². The van der Waals surface area contributed by atoms with Gasteiger partial charge in [-0.1, -0.05) is 12.1 Å². The number of methoxy groups -OCH3 is 1. The van der Waals surface area contributed by atoms with Crippen molar-refractivity contribution in [2.24, 2.45) is 0 Å². The molecular formula is C14H17N3O3S. The van der Waals surface area contributed by atoms with Crippen LogP contribution in [0.5, 0.6) is 5.75 Å². The lowest BCUT2D eigenvalue weighted by Gasteiger charge is -2.23. The Kier molecular flexibility index (Phi) is 3.69. The van der Waals surface area contributed by atoms with Gasteiger partial charge in [0.15, 0.2) is 5.03 Å². The topological polar surface area (TPSA) is 75.3 Å². The number of hydrogen-bond donors (Lipinski definition) is 1. The summed E-state index contributed by atoms with van der Waals surface area (Å²) in [4.78, 5) is 0. The number of H-pyrrole nitrogens is 1. The van der Waals surface area contributed by atoms with Crippen LogP contribution >= 0.6 is 0 Å². The fourth-order valence-corrected chi connectivity index (χ4v) is 4.29. The van der Waals surface area contributed by atoms with E-state index in [2.05, 4.69) is 10.2 Å². The number of aromatic amines is 1. The van der Waals surface area contributed by atoms with Crippen LogP contribution in [0.25, 0.3) is 0 Å².